The average Bonchev–Trinajstić information content (AvgIpc) is 2.96. The van der Waals surface area contributed by atoms with E-state index >= 15 is 0 Å². The summed E-state index contributed by atoms with van der Waals surface area (Å²) in [5.41, 5.74) is 1.39. The number of nitrogens with one attached hydrogen (secondary N) is 1. The summed E-state index contributed by atoms with van der Waals surface area (Å²) >= 11 is 1.82. The van der Waals surface area contributed by atoms with Crippen LogP contribution in [0.2, 0.25) is 0 Å². The lowest BCUT2D eigenvalue weighted by atomic mass is 9.93. The third kappa shape index (κ3) is 3.18. The number of nitrogens with zero attached hydrogens (tertiary/aromatic N) is 1. The highest BCUT2D eigenvalue weighted by molar-refractivity contribution is 7.17. The van der Waals surface area contributed by atoms with Crippen LogP contribution >= 0.6 is 11.3 Å². The highest BCUT2D eigenvalue weighted by Gasteiger charge is 2.27. The minimum absolute atomic E-state index is 0.286. The van der Waals surface area contributed by atoms with Gasteiger partial charge in [-0.05, 0) is 34.7 Å². The molecule has 0 radical (unpaired) electrons. The maximum Gasteiger partial charge on any atom is 0.222 e. The van der Waals surface area contributed by atoms with E-state index in [0.29, 0.717) is 18.4 Å². The zero-order valence-electron chi connectivity index (χ0n) is 13.3. The van der Waals surface area contributed by atoms with E-state index in [1.165, 1.54) is 15.6 Å². The number of piperidine rings is 1. The summed E-state index contributed by atoms with van der Waals surface area (Å²) in [6, 6.07) is 9.09. The van der Waals surface area contributed by atoms with Crippen LogP contribution in [0.25, 0.3) is 10.1 Å². The minimum Gasteiger partial charge on any atom is -0.342 e. The second-order valence-electron chi connectivity index (χ2n) is 6.20. The first-order chi connectivity index (χ1) is 10.7. The summed E-state index contributed by atoms with van der Waals surface area (Å²) in [7, 11) is 0. The number of benzene rings is 1. The molecule has 0 bridgehead atoms. The van der Waals surface area contributed by atoms with Crippen molar-refractivity contribution in [1.82, 2.24) is 10.2 Å². The van der Waals surface area contributed by atoms with E-state index in [9.17, 15) is 4.79 Å². The van der Waals surface area contributed by atoms with Gasteiger partial charge in [0.05, 0.1) is 0 Å². The number of likely N-dealkylation sites (tertiary alicyclic amines) is 1. The minimum atomic E-state index is 0.286. The highest BCUT2D eigenvalue weighted by atomic mass is 32.1. The van der Waals surface area contributed by atoms with Crippen molar-refractivity contribution in [2.75, 3.05) is 13.1 Å². The zero-order valence-corrected chi connectivity index (χ0v) is 14.2. The number of rotatable bonds is 4. The maximum atomic E-state index is 11.8. The number of amides is 1. The molecule has 2 unspecified atom stereocenters. The van der Waals surface area contributed by atoms with Crippen molar-refractivity contribution in [2.24, 2.45) is 5.92 Å². The van der Waals surface area contributed by atoms with E-state index < -0.39 is 0 Å². The van der Waals surface area contributed by atoms with E-state index in [1.807, 2.05) is 23.2 Å². The monoisotopic (exact) mass is 316 g/mol. The van der Waals surface area contributed by atoms with Gasteiger partial charge in [-0.3, -0.25) is 4.79 Å². The van der Waals surface area contributed by atoms with Crippen molar-refractivity contribution in [3.05, 3.63) is 35.2 Å². The molecule has 1 N–H and O–H groups in total. The number of carbonyl (C=O) groups is 1. The standard InChI is InChI=1S/C18H24N2OS/c1-3-18(21)20-9-8-16(13(2)11-20)19-10-14-12-22-17-7-5-4-6-15(14)17/h4-7,12-13,16,19H,3,8-11H2,1-2H3. The molecule has 0 saturated carbocycles. The van der Waals surface area contributed by atoms with Crippen LogP contribution in [0.3, 0.4) is 0 Å². The molecular weight excluding hydrogens is 292 g/mol. The molecule has 1 aromatic heterocycles. The van der Waals surface area contributed by atoms with Gasteiger partial charge in [-0.25, -0.2) is 0 Å². The lowest BCUT2D eigenvalue weighted by molar-refractivity contribution is -0.132. The molecular formula is C18H24N2OS. The summed E-state index contributed by atoms with van der Waals surface area (Å²) in [6.45, 7) is 6.88. The topological polar surface area (TPSA) is 32.3 Å². The Bertz CT molecular complexity index is 651. The Hall–Kier alpha value is -1.39. The van der Waals surface area contributed by atoms with Gasteiger partial charge >= 0.3 is 0 Å². The zero-order chi connectivity index (χ0) is 15.5. The third-order valence-electron chi connectivity index (χ3n) is 4.68. The SMILES string of the molecule is CCC(=O)N1CCC(NCc2csc3ccccc23)C(C)C1. The van der Waals surface area contributed by atoms with Crippen LogP contribution in [0.15, 0.2) is 29.6 Å². The van der Waals surface area contributed by atoms with Crippen molar-refractivity contribution in [1.29, 1.82) is 0 Å². The summed E-state index contributed by atoms with van der Waals surface area (Å²) in [4.78, 5) is 13.8. The van der Waals surface area contributed by atoms with Gasteiger partial charge in [0.2, 0.25) is 5.91 Å². The van der Waals surface area contributed by atoms with Crippen molar-refractivity contribution >= 4 is 27.3 Å². The summed E-state index contributed by atoms with van der Waals surface area (Å²) in [5, 5.41) is 7.34. The molecule has 22 heavy (non-hydrogen) atoms. The Balaban J connectivity index is 1.59. The summed E-state index contributed by atoms with van der Waals surface area (Å²) in [6.07, 6.45) is 1.67. The second-order valence-corrected chi connectivity index (χ2v) is 7.11. The van der Waals surface area contributed by atoms with E-state index in [4.69, 9.17) is 0 Å². The van der Waals surface area contributed by atoms with Crippen molar-refractivity contribution in [2.45, 2.75) is 39.3 Å². The number of hydrogen-bond donors (Lipinski definition) is 1. The lowest BCUT2D eigenvalue weighted by Crippen LogP contribution is -2.49. The van der Waals surface area contributed by atoms with Crippen molar-refractivity contribution in [3.63, 3.8) is 0 Å². The molecule has 3 rings (SSSR count). The fraction of sp³-hybridized carbons (Fsp3) is 0.500. The van der Waals surface area contributed by atoms with Gasteiger partial charge in [0.1, 0.15) is 0 Å². The Labute approximate surface area is 136 Å². The Morgan fingerprint density at radius 2 is 2.23 bits per heavy atom. The largest absolute Gasteiger partial charge is 0.342 e. The summed E-state index contributed by atoms with van der Waals surface area (Å²) in [5.74, 6) is 0.795. The predicted molar refractivity (Wildman–Crippen MR) is 93.1 cm³/mol. The van der Waals surface area contributed by atoms with Crippen LogP contribution < -0.4 is 5.32 Å². The molecule has 118 valence electrons. The van der Waals surface area contributed by atoms with E-state index in [1.54, 1.807) is 0 Å². The van der Waals surface area contributed by atoms with E-state index in [0.717, 1.165) is 26.1 Å². The first-order valence-electron chi connectivity index (χ1n) is 8.15. The van der Waals surface area contributed by atoms with Gasteiger partial charge in [0, 0.05) is 36.8 Å². The molecule has 2 heterocycles. The second kappa shape index (κ2) is 6.80. The molecule has 1 saturated heterocycles. The summed E-state index contributed by atoms with van der Waals surface area (Å²) < 4.78 is 1.36. The van der Waals surface area contributed by atoms with Gasteiger partial charge in [-0.1, -0.05) is 32.0 Å². The van der Waals surface area contributed by atoms with Crippen LogP contribution in [0, 0.1) is 5.92 Å². The Morgan fingerprint density at radius 3 is 3.00 bits per heavy atom. The van der Waals surface area contributed by atoms with Crippen LogP contribution in [-0.4, -0.2) is 29.9 Å². The van der Waals surface area contributed by atoms with Gasteiger partial charge in [-0.15, -0.1) is 11.3 Å². The Kier molecular flexibility index (Phi) is 4.79. The van der Waals surface area contributed by atoms with Crippen molar-refractivity contribution < 1.29 is 4.79 Å². The highest BCUT2D eigenvalue weighted by Crippen LogP contribution is 2.26. The molecule has 4 heteroatoms. The number of hydrogen-bond acceptors (Lipinski definition) is 3. The third-order valence-corrected chi connectivity index (χ3v) is 5.69. The molecule has 2 aromatic rings. The average molecular weight is 316 g/mol. The van der Waals surface area contributed by atoms with Crippen LogP contribution in [0.1, 0.15) is 32.3 Å². The molecule has 1 aliphatic rings. The van der Waals surface area contributed by atoms with E-state index in [-0.39, 0.29) is 5.91 Å². The smallest absolute Gasteiger partial charge is 0.222 e. The fourth-order valence-electron chi connectivity index (χ4n) is 3.31. The first-order valence-corrected chi connectivity index (χ1v) is 9.03. The molecule has 3 nitrogen and oxygen atoms in total. The molecule has 0 spiro atoms. The normalized spacial score (nSPS) is 22.2. The molecule has 1 aliphatic heterocycles. The predicted octanol–water partition coefficient (Wildman–Crippen LogP) is 3.64. The van der Waals surface area contributed by atoms with Gasteiger partial charge < -0.3 is 10.2 Å². The van der Waals surface area contributed by atoms with Crippen LogP contribution in [-0.2, 0) is 11.3 Å². The van der Waals surface area contributed by atoms with Gasteiger partial charge in [-0.2, -0.15) is 0 Å². The molecule has 0 aliphatic carbocycles. The number of carbonyl (C=O) groups excluding carboxylic acids is 1. The van der Waals surface area contributed by atoms with E-state index in [2.05, 4.69) is 41.9 Å². The molecule has 2 atom stereocenters. The van der Waals surface area contributed by atoms with Crippen LogP contribution in [0.5, 0.6) is 0 Å². The quantitative estimate of drug-likeness (QED) is 0.934. The Morgan fingerprint density at radius 1 is 1.41 bits per heavy atom. The van der Waals surface area contributed by atoms with Crippen molar-refractivity contribution in [3.8, 4) is 0 Å². The molecule has 1 aromatic carbocycles. The van der Waals surface area contributed by atoms with Crippen LogP contribution in [0.4, 0.5) is 0 Å². The lowest BCUT2D eigenvalue weighted by Gasteiger charge is -2.37. The molecule has 1 amide bonds. The first kappa shape index (κ1) is 15.5. The maximum absolute atomic E-state index is 11.8. The fourth-order valence-corrected chi connectivity index (χ4v) is 4.27. The number of thiophene rings is 1. The molecule has 1 fully saturated rings. The number of fused-ring (bicyclic) bond motifs is 1. The van der Waals surface area contributed by atoms with Gasteiger partial charge in [0.25, 0.3) is 0 Å². The van der Waals surface area contributed by atoms with Gasteiger partial charge in [0.15, 0.2) is 0 Å².